The minimum absolute atomic E-state index is 0.000603. The molecule has 0 bridgehead atoms. The maximum Gasteiger partial charge on any atom is 0.317 e. The van der Waals surface area contributed by atoms with Gasteiger partial charge in [0.1, 0.15) is 0 Å². The number of carbonyl (C=O) groups excluding carboxylic acids is 1. The van der Waals surface area contributed by atoms with Crippen LogP contribution in [0.1, 0.15) is 25.8 Å². The van der Waals surface area contributed by atoms with Gasteiger partial charge in [-0.25, -0.2) is 4.79 Å². The van der Waals surface area contributed by atoms with Gasteiger partial charge in [0, 0.05) is 45.1 Å². The number of hydrogen-bond acceptors (Lipinski definition) is 3. The molecule has 1 N–H and O–H groups in total. The van der Waals surface area contributed by atoms with E-state index in [4.69, 9.17) is 0 Å². The molecule has 0 radical (unpaired) electrons. The molecule has 0 spiro atoms. The van der Waals surface area contributed by atoms with Gasteiger partial charge >= 0.3 is 6.03 Å². The molecule has 2 atom stereocenters. The average Bonchev–Trinajstić information content (AvgIpc) is 2.52. The maximum absolute atomic E-state index is 12.3. The van der Waals surface area contributed by atoms with Crippen LogP contribution >= 0.6 is 0 Å². The number of nitrogens with one attached hydrogen (secondary N) is 1. The summed E-state index contributed by atoms with van der Waals surface area (Å²) >= 11 is 0. The zero-order valence-electron chi connectivity index (χ0n) is 13.2. The second-order valence-corrected chi connectivity index (χ2v) is 5.86. The van der Waals surface area contributed by atoms with Crippen LogP contribution in [0.3, 0.4) is 0 Å². The number of piperidine rings is 1. The second kappa shape index (κ2) is 7.41. The Bertz CT molecular complexity index is 451. The number of amides is 2. The molecule has 1 aromatic heterocycles. The molecule has 1 fully saturated rings. The van der Waals surface area contributed by atoms with Gasteiger partial charge in [0.15, 0.2) is 0 Å². The van der Waals surface area contributed by atoms with Crippen molar-refractivity contribution in [2.75, 3.05) is 26.7 Å². The van der Waals surface area contributed by atoms with Crippen molar-refractivity contribution in [2.45, 2.75) is 32.9 Å². The minimum Gasteiger partial charge on any atom is -0.334 e. The Balaban J connectivity index is 1.84. The van der Waals surface area contributed by atoms with Crippen LogP contribution in [0.4, 0.5) is 4.79 Å². The summed E-state index contributed by atoms with van der Waals surface area (Å²) in [6.45, 7) is 8.19. The van der Waals surface area contributed by atoms with Gasteiger partial charge in [0.05, 0.1) is 0 Å². The highest BCUT2D eigenvalue weighted by atomic mass is 16.2. The van der Waals surface area contributed by atoms with Crippen LogP contribution in [-0.4, -0.2) is 53.5 Å². The molecule has 0 aliphatic carbocycles. The Morgan fingerprint density at radius 2 is 2.38 bits per heavy atom. The maximum atomic E-state index is 12.3. The summed E-state index contributed by atoms with van der Waals surface area (Å²) in [5.41, 5.74) is 1.02. The van der Waals surface area contributed by atoms with E-state index in [0.29, 0.717) is 18.5 Å². The fourth-order valence-electron chi connectivity index (χ4n) is 3.04. The lowest BCUT2D eigenvalue weighted by molar-refractivity contribution is 0.0962. The topological polar surface area (TPSA) is 48.5 Å². The van der Waals surface area contributed by atoms with Gasteiger partial charge in [-0.05, 0) is 30.5 Å². The quantitative estimate of drug-likeness (QED) is 0.922. The number of urea groups is 1. The van der Waals surface area contributed by atoms with Gasteiger partial charge in [0.25, 0.3) is 0 Å². The summed E-state index contributed by atoms with van der Waals surface area (Å²) in [6, 6.07) is 4.17. The van der Waals surface area contributed by atoms with Gasteiger partial charge in [0.2, 0.25) is 0 Å². The van der Waals surface area contributed by atoms with Crippen molar-refractivity contribution < 1.29 is 4.79 Å². The van der Waals surface area contributed by atoms with E-state index in [-0.39, 0.29) is 6.03 Å². The molecule has 0 aromatic carbocycles. The van der Waals surface area contributed by atoms with Gasteiger partial charge in [-0.3, -0.25) is 4.98 Å². The molecule has 1 aliphatic rings. The van der Waals surface area contributed by atoms with Crippen molar-refractivity contribution in [1.29, 1.82) is 0 Å². The molecule has 5 heteroatoms. The standard InChI is InChI=1S/C16H26N4O/c1-4-20-9-7-15(13(2)12-20)19(3)16(21)18-11-14-6-5-8-17-10-14/h5-6,8,10,13,15H,4,7,9,11-12H2,1-3H3,(H,18,21)/t13-,15-/m0/s1. The Kier molecular flexibility index (Phi) is 5.56. The molecule has 0 unspecified atom stereocenters. The Morgan fingerprint density at radius 1 is 1.57 bits per heavy atom. The van der Waals surface area contributed by atoms with E-state index in [2.05, 4.69) is 29.0 Å². The predicted octanol–water partition coefficient (Wildman–Crippen LogP) is 1.95. The highest BCUT2D eigenvalue weighted by molar-refractivity contribution is 5.74. The summed E-state index contributed by atoms with van der Waals surface area (Å²) in [7, 11) is 1.90. The molecule has 1 saturated heterocycles. The first-order valence-electron chi connectivity index (χ1n) is 7.73. The Labute approximate surface area is 127 Å². The number of likely N-dealkylation sites (tertiary alicyclic amines) is 1. The summed E-state index contributed by atoms with van der Waals surface area (Å²) in [5, 5.41) is 2.98. The normalized spacial score (nSPS) is 22.8. The zero-order chi connectivity index (χ0) is 15.2. The van der Waals surface area contributed by atoms with Crippen LogP contribution in [0, 0.1) is 5.92 Å². The molecule has 0 saturated carbocycles. The third kappa shape index (κ3) is 4.17. The second-order valence-electron chi connectivity index (χ2n) is 5.86. The zero-order valence-corrected chi connectivity index (χ0v) is 13.2. The van der Waals surface area contributed by atoms with E-state index in [1.54, 1.807) is 12.4 Å². The number of aromatic nitrogens is 1. The predicted molar refractivity (Wildman–Crippen MR) is 83.9 cm³/mol. The lowest BCUT2D eigenvalue weighted by Gasteiger charge is -2.40. The largest absolute Gasteiger partial charge is 0.334 e. The monoisotopic (exact) mass is 290 g/mol. The van der Waals surface area contributed by atoms with Gasteiger partial charge in [-0.2, -0.15) is 0 Å². The summed E-state index contributed by atoms with van der Waals surface area (Å²) < 4.78 is 0. The van der Waals surface area contributed by atoms with Crippen LogP contribution < -0.4 is 5.32 Å². The van der Waals surface area contributed by atoms with E-state index >= 15 is 0 Å². The average molecular weight is 290 g/mol. The summed E-state index contributed by atoms with van der Waals surface area (Å²) in [4.78, 5) is 20.7. The van der Waals surface area contributed by atoms with E-state index in [1.165, 1.54) is 0 Å². The third-order valence-electron chi connectivity index (χ3n) is 4.38. The Hall–Kier alpha value is -1.62. The molecule has 2 heterocycles. The van der Waals surface area contributed by atoms with E-state index in [0.717, 1.165) is 31.6 Å². The van der Waals surface area contributed by atoms with Gasteiger partial charge in [-0.1, -0.05) is 19.9 Å². The van der Waals surface area contributed by atoms with Crippen molar-refractivity contribution in [1.82, 2.24) is 20.1 Å². The first-order valence-corrected chi connectivity index (χ1v) is 7.73. The molecular formula is C16H26N4O. The SMILES string of the molecule is CCN1CC[C@H](N(C)C(=O)NCc2cccnc2)[C@@H](C)C1. The summed E-state index contributed by atoms with van der Waals surface area (Å²) in [6.07, 6.45) is 4.56. The van der Waals surface area contributed by atoms with Crippen molar-refractivity contribution in [3.8, 4) is 0 Å². The van der Waals surface area contributed by atoms with Gasteiger partial charge in [-0.15, -0.1) is 0 Å². The molecule has 1 aromatic rings. The molecule has 21 heavy (non-hydrogen) atoms. The van der Waals surface area contributed by atoms with Gasteiger partial charge < -0.3 is 15.1 Å². The number of hydrogen-bond donors (Lipinski definition) is 1. The molecule has 2 rings (SSSR count). The van der Waals surface area contributed by atoms with Crippen molar-refractivity contribution in [3.05, 3.63) is 30.1 Å². The van der Waals surface area contributed by atoms with E-state index in [1.807, 2.05) is 24.1 Å². The molecule has 5 nitrogen and oxygen atoms in total. The fraction of sp³-hybridized carbons (Fsp3) is 0.625. The first kappa shape index (κ1) is 15.8. The fourth-order valence-corrected chi connectivity index (χ4v) is 3.04. The number of pyridine rings is 1. The van der Waals surface area contributed by atoms with Crippen LogP contribution in [0.2, 0.25) is 0 Å². The highest BCUT2D eigenvalue weighted by Gasteiger charge is 2.30. The van der Waals surface area contributed by atoms with Crippen molar-refractivity contribution >= 4 is 6.03 Å². The van der Waals surface area contributed by atoms with E-state index < -0.39 is 0 Å². The van der Waals surface area contributed by atoms with Crippen LogP contribution in [0.25, 0.3) is 0 Å². The van der Waals surface area contributed by atoms with Crippen molar-refractivity contribution in [3.63, 3.8) is 0 Å². The van der Waals surface area contributed by atoms with Crippen molar-refractivity contribution in [2.24, 2.45) is 5.92 Å². The first-order chi connectivity index (χ1) is 10.1. The Morgan fingerprint density at radius 3 is 3.00 bits per heavy atom. The number of rotatable bonds is 4. The summed E-state index contributed by atoms with van der Waals surface area (Å²) in [5.74, 6) is 0.507. The lowest BCUT2D eigenvalue weighted by atomic mass is 9.93. The lowest BCUT2D eigenvalue weighted by Crippen LogP contribution is -2.52. The third-order valence-corrected chi connectivity index (χ3v) is 4.38. The smallest absolute Gasteiger partial charge is 0.317 e. The van der Waals surface area contributed by atoms with Crippen LogP contribution in [0.5, 0.6) is 0 Å². The highest BCUT2D eigenvalue weighted by Crippen LogP contribution is 2.21. The molecule has 1 aliphatic heterocycles. The number of carbonyl (C=O) groups is 1. The van der Waals surface area contributed by atoms with E-state index in [9.17, 15) is 4.79 Å². The minimum atomic E-state index is 0.000603. The number of nitrogens with zero attached hydrogens (tertiary/aromatic N) is 3. The molecular weight excluding hydrogens is 264 g/mol. The van der Waals surface area contributed by atoms with Crippen LogP contribution in [0.15, 0.2) is 24.5 Å². The molecule has 116 valence electrons. The van der Waals surface area contributed by atoms with Crippen LogP contribution in [-0.2, 0) is 6.54 Å². The molecule has 2 amide bonds.